The summed E-state index contributed by atoms with van der Waals surface area (Å²) in [5.41, 5.74) is 6.43. The molecule has 0 unspecified atom stereocenters. The Morgan fingerprint density at radius 2 is 0.879 bits per heavy atom. The van der Waals surface area contributed by atoms with Crippen molar-refractivity contribution in [2.45, 2.75) is 129 Å². The number of carbonyl (C=O) groups excluding carboxylic acids is 2. The van der Waals surface area contributed by atoms with Gasteiger partial charge in [-0.15, -0.1) is 0 Å². The van der Waals surface area contributed by atoms with Gasteiger partial charge in [0.25, 0.3) is 0 Å². The van der Waals surface area contributed by atoms with Crippen LogP contribution in [-0.4, -0.2) is 103 Å². The van der Waals surface area contributed by atoms with Crippen LogP contribution in [0.25, 0.3) is 33.6 Å². The van der Waals surface area contributed by atoms with Gasteiger partial charge in [-0.3, -0.25) is 9.59 Å². The Hall–Kier alpha value is -4.28. The Morgan fingerprint density at radius 3 is 1.22 bits per heavy atom. The first-order chi connectivity index (χ1) is 28.4. The number of rotatable bonds is 13. The molecule has 10 nitrogen and oxygen atoms in total. The summed E-state index contributed by atoms with van der Waals surface area (Å²) in [6, 6.07) is 18.6. The molecule has 8 rings (SSSR count). The number of hydrogen-bond acceptors (Lipinski definition) is 6. The minimum absolute atomic E-state index is 0.0257. The van der Waals surface area contributed by atoms with Crippen LogP contribution in [0.2, 0.25) is 0 Å². The normalized spacial score (nSPS) is 25.3. The molecule has 2 atom stereocenters. The second-order valence-corrected chi connectivity index (χ2v) is 17.4. The maximum Gasteiger partial charge on any atom is 0.226 e. The minimum Gasteiger partial charge on any atom is -0.340 e. The molecule has 2 saturated heterocycles. The lowest BCUT2D eigenvalue weighted by Gasteiger charge is -2.37. The van der Waals surface area contributed by atoms with Crippen LogP contribution >= 0.6 is 0 Å². The number of H-pyrrole nitrogens is 2. The molecule has 0 bridgehead atoms. The summed E-state index contributed by atoms with van der Waals surface area (Å²) in [4.78, 5) is 53.7. The number of imidazole rings is 2. The van der Waals surface area contributed by atoms with E-state index in [-0.39, 0.29) is 23.9 Å². The molecule has 10 heteroatoms. The third kappa shape index (κ3) is 8.42. The summed E-state index contributed by atoms with van der Waals surface area (Å²) in [7, 11) is 0. The fourth-order valence-corrected chi connectivity index (χ4v) is 10.9. The topological polar surface area (TPSA) is 104 Å². The Morgan fingerprint density at radius 1 is 0.534 bits per heavy atom. The minimum atomic E-state index is 0.0257. The van der Waals surface area contributed by atoms with Crippen molar-refractivity contribution in [2.75, 3.05) is 39.3 Å². The number of aromatic nitrogens is 4. The van der Waals surface area contributed by atoms with E-state index in [0.717, 1.165) is 162 Å². The molecule has 2 aromatic heterocycles. The van der Waals surface area contributed by atoms with E-state index in [9.17, 15) is 9.59 Å². The summed E-state index contributed by atoms with van der Waals surface area (Å²) in [5.74, 6) is 2.73. The van der Waals surface area contributed by atoms with Gasteiger partial charge in [-0.05, 0) is 125 Å². The molecule has 4 heterocycles. The van der Waals surface area contributed by atoms with E-state index in [1.54, 1.807) is 0 Å². The van der Waals surface area contributed by atoms with E-state index in [0.29, 0.717) is 23.9 Å². The first-order valence-electron chi connectivity index (χ1n) is 22.8. The Kier molecular flexibility index (Phi) is 12.8. The van der Waals surface area contributed by atoms with Crippen LogP contribution in [0.1, 0.15) is 128 Å². The van der Waals surface area contributed by atoms with Gasteiger partial charge >= 0.3 is 0 Å². The standard InChI is InChI=1S/C48H66N8O2/c1-5-53(6-2)39-25-21-37(22-26-39)47(57)55-29-9-11-43(55)45-49-31-41(51-45)35-17-13-33(14-18-35)34-15-19-36(20-16-34)42-32-50-46(52-42)44-12-10-30-56(44)48(58)38-23-27-40(28-24-38)54(7-3)8-4/h13-20,31-32,37-40,43-44H,5-12,21-30H2,1-4H3,(H,49,51)(H,50,52)/t37-,38?,39+,40?,43-,44-/m0/s1. The van der Waals surface area contributed by atoms with Gasteiger partial charge in [-0.1, -0.05) is 76.2 Å². The number of nitrogens with one attached hydrogen (secondary N) is 2. The second-order valence-electron chi connectivity index (χ2n) is 17.4. The summed E-state index contributed by atoms with van der Waals surface area (Å²) >= 11 is 0. The van der Waals surface area contributed by atoms with E-state index < -0.39 is 0 Å². The van der Waals surface area contributed by atoms with E-state index >= 15 is 0 Å². The fraction of sp³-hybridized carbons (Fsp3) is 0.583. The van der Waals surface area contributed by atoms with Crippen molar-refractivity contribution in [3.8, 4) is 33.6 Å². The summed E-state index contributed by atoms with van der Waals surface area (Å²) in [5, 5.41) is 0. The molecule has 2 saturated carbocycles. The first kappa shape index (κ1) is 40.5. The zero-order valence-electron chi connectivity index (χ0n) is 35.5. The molecule has 58 heavy (non-hydrogen) atoms. The van der Waals surface area contributed by atoms with Gasteiger partial charge in [0.1, 0.15) is 11.6 Å². The summed E-state index contributed by atoms with van der Waals surface area (Å²) in [6.07, 6.45) is 16.3. The number of nitrogens with zero attached hydrogens (tertiary/aromatic N) is 6. The molecule has 2 aromatic carbocycles. The number of carbonyl (C=O) groups is 2. The van der Waals surface area contributed by atoms with Crippen molar-refractivity contribution < 1.29 is 9.59 Å². The molecule has 2 aliphatic carbocycles. The average molecular weight is 787 g/mol. The van der Waals surface area contributed by atoms with Gasteiger partial charge < -0.3 is 29.6 Å². The molecule has 4 aliphatic rings. The largest absolute Gasteiger partial charge is 0.340 e. The van der Waals surface area contributed by atoms with Crippen LogP contribution in [0.4, 0.5) is 0 Å². The van der Waals surface area contributed by atoms with Crippen LogP contribution in [0.15, 0.2) is 60.9 Å². The van der Waals surface area contributed by atoms with Gasteiger partial charge in [0, 0.05) is 37.0 Å². The SMILES string of the molecule is CCN(CC)C1CCC(C(=O)N2CCC[C@H]2c2ncc(-c3ccc(-c4ccc(-c5cnc([C@@H]6CCCN6C(=O)[C@H]6CC[C@@H](N(CC)CC)CC6)[nH]5)cc4)cc3)[nH]2)CC1. The van der Waals surface area contributed by atoms with Gasteiger partial charge in [0.2, 0.25) is 11.8 Å². The van der Waals surface area contributed by atoms with Gasteiger partial charge in [0.05, 0.1) is 35.9 Å². The predicted octanol–water partition coefficient (Wildman–Crippen LogP) is 9.26. The molecule has 4 fully saturated rings. The third-order valence-corrected chi connectivity index (χ3v) is 14.4. The maximum absolute atomic E-state index is 13.8. The lowest BCUT2D eigenvalue weighted by atomic mass is 9.84. The molecule has 0 radical (unpaired) electrons. The lowest BCUT2D eigenvalue weighted by Crippen LogP contribution is -2.42. The van der Waals surface area contributed by atoms with Crippen molar-refractivity contribution in [3.05, 3.63) is 72.6 Å². The fourth-order valence-electron chi connectivity index (χ4n) is 10.9. The van der Waals surface area contributed by atoms with Gasteiger partial charge in [-0.25, -0.2) is 9.97 Å². The van der Waals surface area contributed by atoms with Crippen molar-refractivity contribution >= 4 is 11.8 Å². The van der Waals surface area contributed by atoms with Crippen molar-refractivity contribution in [2.24, 2.45) is 11.8 Å². The molecule has 2 amide bonds. The zero-order valence-corrected chi connectivity index (χ0v) is 35.5. The van der Waals surface area contributed by atoms with E-state index in [1.807, 2.05) is 12.4 Å². The second kappa shape index (κ2) is 18.3. The molecule has 2 N–H and O–H groups in total. The predicted molar refractivity (Wildman–Crippen MR) is 232 cm³/mol. The first-order valence-corrected chi connectivity index (χ1v) is 22.8. The van der Waals surface area contributed by atoms with Crippen molar-refractivity contribution in [1.29, 1.82) is 0 Å². The smallest absolute Gasteiger partial charge is 0.226 e. The van der Waals surface area contributed by atoms with E-state index in [4.69, 9.17) is 9.97 Å². The Bertz CT molecular complexity index is 1800. The molecule has 310 valence electrons. The quantitative estimate of drug-likeness (QED) is 0.140. The zero-order chi connectivity index (χ0) is 40.2. The highest BCUT2D eigenvalue weighted by Gasteiger charge is 2.39. The van der Waals surface area contributed by atoms with Crippen LogP contribution in [0, 0.1) is 11.8 Å². The number of aromatic amines is 2. The molecular weight excluding hydrogens is 721 g/mol. The molecule has 0 spiro atoms. The number of amides is 2. The van der Waals surface area contributed by atoms with E-state index in [2.05, 4.69) is 106 Å². The molecule has 2 aliphatic heterocycles. The maximum atomic E-state index is 13.8. The lowest BCUT2D eigenvalue weighted by molar-refractivity contribution is -0.138. The summed E-state index contributed by atoms with van der Waals surface area (Å²) in [6.45, 7) is 15.0. The van der Waals surface area contributed by atoms with Crippen molar-refractivity contribution in [3.63, 3.8) is 0 Å². The average Bonchev–Trinajstić information content (AvgIpc) is 4.12. The summed E-state index contributed by atoms with van der Waals surface area (Å²) < 4.78 is 0. The number of hydrogen-bond donors (Lipinski definition) is 2. The number of likely N-dealkylation sites (tertiary alicyclic amines) is 2. The molecular formula is C48H66N8O2. The van der Waals surface area contributed by atoms with Crippen LogP contribution in [0.5, 0.6) is 0 Å². The Balaban J connectivity index is 0.865. The van der Waals surface area contributed by atoms with Gasteiger partial charge in [0.15, 0.2) is 0 Å². The number of benzene rings is 2. The Labute approximate surface area is 346 Å². The van der Waals surface area contributed by atoms with E-state index in [1.165, 1.54) is 0 Å². The monoisotopic (exact) mass is 787 g/mol. The highest BCUT2D eigenvalue weighted by atomic mass is 16.2. The molecule has 4 aromatic rings. The van der Waals surface area contributed by atoms with Crippen LogP contribution in [-0.2, 0) is 9.59 Å². The highest BCUT2D eigenvalue weighted by molar-refractivity contribution is 5.80. The van der Waals surface area contributed by atoms with Crippen LogP contribution in [0.3, 0.4) is 0 Å². The van der Waals surface area contributed by atoms with Crippen LogP contribution < -0.4 is 0 Å². The highest BCUT2D eigenvalue weighted by Crippen LogP contribution is 2.38. The van der Waals surface area contributed by atoms with Crippen molar-refractivity contribution in [1.82, 2.24) is 39.5 Å². The van der Waals surface area contributed by atoms with Gasteiger partial charge in [-0.2, -0.15) is 0 Å². The third-order valence-electron chi connectivity index (χ3n) is 14.4.